The van der Waals surface area contributed by atoms with Gasteiger partial charge in [-0.2, -0.15) is 9.61 Å². The first-order valence-corrected chi connectivity index (χ1v) is 9.86. The van der Waals surface area contributed by atoms with Gasteiger partial charge in [-0.3, -0.25) is 0 Å². The predicted molar refractivity (Wildman–Crippen MR) is 108 cm³/mol. The van der Waals surface area contributed by atoms with Crippen molar-refractivity contribution in [3.05, 3.63) is 71.8 Å². The number of ether oxygens (including phenoxy) is 1. The molecular weight excluding hydrogens is 356 g/mol. The summed E-state index contributed by atoms with van der Waals surface area (Å²) in [5.41, 5.74) is 5.23. The van der Waals surface area contributed by atoms with Gasteiger partial charge in [0.25, 0.3) is 0 Å². The lowest BCUT2D eigenvalue weighted by molar-refractivity contribution is 0.340. The molecule has 0 aliphatic carbocycles. The fraction of sp³-hybridized carbons (Fsp3) is 0.190. The van der Waals surface area contributed by atoms with Crippen molar-refractivity contribution in [2.24, 2.45) is 0 Å². The molecule has 27 heavy (non-hydrogen) atoms. The Labute approximate surface area is 162 Å². The van der Waals surface area contributed by atoms with Crippen molar-refractivity contribution >= 4 is 17.4 Å². The summed E-state index contributed by atoms with van der Waals surface area (Å²) in [6, 6.07) is 20.3. The quantitative estimate of drug-likeness (QED) is 0.453. The Morgan fingerprint density at radius 2 is 1.78 bits per heavy atom. The molecule has 4 rings (SSSR count). The second-order valence-electron chi connectivity index (χ2n) is 6.14. The summed E-state index contributed by atoms with van der Waals surface area (Å²) in [5.74, 6) is 1.70. The fourth-order valence-corrected chi connectivity index (χ4v) is 3.78. The van der Waals surface area contributed by atoms with Crippen molar-refractivity contribution in [1.82, 2.24) is 19.8 Å². The highest BCUT2D eigenvalue weighted by Gasteiger charge is 2.10. The Morgan fingerprint density at radius 1 is 0.963 bits per heavy atom. The van der Waals surface area contributed by atoms with E-state index in [4.69, 9.17) is 9.84 Å². The second kappa shape index (κ2) is 7.80. The number of rotatable bonds is 6. The average molecular weight is 376 g/mol. The van der Waals surface area contributed by atoms with Gasteiger partial charge in [0.15, 0.2) is 5.65 Å². The summed E-state index contributed by atoms with van der Waals surface area (Å²) >= 11 is 1.64. The molecule has 0 amide bonds. The molecule has 0 unspecified atom stereocenters. The van der Waals surface area contributed by atoms with Crippen LogP contribution in [-0.2, 0) is 5.75 Å². The Kier molecular flexibility index (Phi) is 5.07. The van der Waals surface area contributed by atoms with Crippen molar-refractivity contribution < 1.29 is 4.74 Å². The van der Waals surface area contributed by atoms with Gasteiger partial charge in [-0.05, 0) is 61.4 Å². The minimum absolute atomic E-state index is 0.658. The zero-order valence-electron chi connectivity index (χ0n) is 15.3. The van der Waals surface area contributed by atoms with E-state index in [0.717, 1.165) is 33.6 Å². The van der Waals surface area contributed by atoms with Gasteiger partial charge < -0.3 is 4.74 Å². The van der Waals surface area contributed by atoms with Crippen LogP contribution < -0.4 is 4.74 Å². The van der Waals surface area contributed by atoms with Crippen molar-refractivity contribution in [2.45, 2.75) is 24.8 Å². The molecular formula is C21H20N4OS. The molecule has 0 aliphatic rings. The summed E-state index contributed by atoms with van der Waals surface area (Å²) < 4.78 is 7.32. The maximum absolute atomic E-state index is 5.51. The maximum atomic E-state index is 5.51. The summed E-state index contributed by atoms with van der Waals surface area (Å²) in [6.07, 6.45) is 0. The molecule has 0 saturated heterocycles. The fourth-order valence-electron chi connectivity index (χ4n) is 2.82. The van der Waals surface area contributed by atoms with Crippen LogP contribution in [0.15, 0.2) is 65.8 Å². The lowest BCUT2D eigenvalue weighted by Crippen LogP contribution is -1.97. The third-order valence-electron chi connectivity index (χ3n) is 4.31. The van der Waals surface area contributed by atoms with E-state index < -0.39 is 0 Å². The molecule has 6 heteroatoms. The number of thioether (sulfide) groups is 1. The summed E-state index contributed by atoms with van der Waals surface area (Å²) in [5, 5.41) is 14.1. The first kappa shape index (κ1) is 17.5. The van der Waals surface area contributed by atoms with Crippen LogP contribution in [0.4, 0.5) is 0 Å². The van der Waals surface area contributed by atoms with Gasteiger partial charge in [-0.15, -0.1) is 10.2 Å². The molecule has 5 nitrogen and oxygen atoms in total. The molecule has 0 aliphatic heterocycles. The number of fused-ring (bicyclic) bond motifs is 1. The average Bonchev–Trinajstić information content (AvgIpc) is 3.10. The molecule has 0 N–H and O–H groups in total. The minimum atomic E-state index is 0.658. The van der Waals surface area contributed by atoms with Gasteiger partial charge in [0.05, 0.1) is 12.3 Å². The molecule has 0 fully saturated rings. The van der Waals surface area contributed by atoms with Crippen LogP contribution >= 0.6 is 11.8 Å². The van der Waals surface area contributed by atoms with Crippen LogP contribution in [0.2, 0.25) is 0 Å². The van der Waals surface area contributed by atoms with Crippen molar-refractivity contribution in [2.75, 3.05) is 6.61 Å². The molecule has 136 valence electrons. The molecule has 2 aromatic heterocycles. The highest BCUT2D eigenvalue weighted by Crippen LogP contribution is 2.25. The Balaban J connectivity index is 1.60. The topological polar surface area (TPSA) is 52.3 Å². The minimum Gasteiger partial charge on any atom is -0.494 e. The number of hydrogen-bond donors (Lipinski definition) is 0. The van der Waals surface area contributed by atoms with Crippen LogP contribution in [0.5, 0.6) is 5.75 Å². The highest BCUT2D eigenvalue weighted by atomic mass is 32.2. The predicted octanol–water partition coefficient (Wildman–Crippen LogP) is 4.79. The van der Waals surface area contributed by atoms with Gasteiger partial charge in [-0.1, -0.05) is 36.0 Å². The Bertz CT molecular complexity index is 1060. The third kappa shape index (κ3) is 3.80. The second-order valence-corrected chi connectivity index (χ2v) is 7.09. The SMILES string of the molecule is CCOc1ccc(-c2ccc3nnc(SCc4ccccc4C)n3n2)cc1. The highest BCUT2D eigenvalue weighted by molar-refractivity contribution is 7.98. The lowest BCUT2D eigenvalue weighted by Gasteiger charge is -2.06. The molecule has 2 heterocycles. The van der Waals surface area contributed by atoms with E-state index in [2.05, 4.69) is 41.4 Å². The van der Waals surface area contributed by atoms with Crippen LogP contribution in [0.1, 0.15) is 18.1 Å². The smallest absolute Gasteiger partial charge is 0.212 e. The van der Waals surface area contributed by atoms with Crippen molar-refractivity contribution in [3.63, 3.8) is 0 Å². The van der Waals surface area contributed by atoms with Crippen molar-refractivity contribution in [1.29, 1.82) is 0 Å². The van der Waals surface area contributed by atoms with E-state index in [0.29, 0.717) is 6.61 Å². The Morgan fingerprint density at radius 3 is 2.56 bits per heavy atom. The van der Waals surface area contributed by atoms with E-state index in [1.807, 2.05) is 47.8 Å². The number of aryl methyl sites for hydroxylation is 1. The molecule has 0 atom stereocenters. The van der Waals surface area contributed by atoms with E-state index in [1.165, 1.54) is 11.1 Å². The molecule has 0 radical (unpaired) electrons. The van der Waals surface area contributed by atoms with Gasteiger partial charge >= 0.3 is 0 Å². The van der Waals surface area contributed by atoms with Crippen LogP contribution in [0.25, 0.3) is 16.9 Å². The summed E-state index contributed by atoms with van der Waals surface area (Å²) in [7, 11) is 0. The van der Waals surface area contributed by atoms with Crippen molar-refractivity contribution in [3.8, 4) is 17.0 Å². The maximum Gasteiger partial charge on any atom is 0.212 e. The van der Waals surface area contributed by atoms with E-state index in [9.17, 15) is 0 Å². The van der Waals surface area contributed by atoms with Gasteiger partial charge in [0.2, 0.25) is 5.16 Å². The van der Waals surface area contributed by atoms with E-state index in [1.54, 1.807) is 11.8 Å². The molecule has 4 aromatic rings. The first-order chi connectivity index (χ1) is 13.2. The number of benzene rings is 2. The van der Waals surface area contributed by atoms with Gasteiger partial charge in [0.1, 0.15) is 5.75 Å². The van der Waals surface area contributed by atoms with Crippen LogP contribution in [0, 0.1) is 6.92 Å². The molecule has 0 saturated carbocycles. The standard InChI is InChI=1S/C21H20N4OS/c1-3-26-18-10-8-16(9-11-18)19-12-13-20-22-23-21(25(20)24-19)27-14-17-7-5-4-6-15(17)2/h4-13H,3,14H2,1-2H3. The van der Waals surface area contributed by atoms with Gasteiger partial charge in [0, 0.05) is 11.3 Å². The number of aromatic nitrogens is 4. The zero-order chi connectivity index (χ0) is 18.6. The largest absolute Gasteiger partial charge is 0.494 e. The molecule has 0 spiro atoms. The normalized spacial score (nSPS) is 11.0. The summed E-state index contributed by atoms with van der Waals surface area (Å²) in [4.78, 5) is 0. The van der Waals surface area contributed by atoms with Gasteiger partial charge in [-0.25, -0.2) is 0 Å². The molecule has 0 bridgehead atoms. The summed E-state index contributed by atoms with van der Waals surface area (Å²) in [6.45, 7) is 4.76. The van der Waals surface area contributed by atoms with Crippen LogP contribution in [0.3, 0.4) is 0 Å². The molecule has 2 aromatic carbocycles. The zero-order valence-corrected chi connectivity index (χ0v) is 16.1. The monoisotopic (exact) mass is 376 g/mol. The third-order valence-corrected chi connectivity index (χ3v) is 5.28. The number of nitrogens with zero attached hydrogens (tertiary/aromatic N) is 4. The number of hydrogen-bond acceptors (Lipinski definition) is 5. The lowest BCUT2D eigenvalue weighted by atomic mass is 10.1. The Hall–Kier alpha value is -2.86. The van der Waals surface area contributed by atoms with E-state index in [-0.39, 0.29) is 0 Å². The first-order valence-electron chi connectivity index (χ1n) is 8.87. The van der Waals surface area contributed by atoms with E-state index >= 15 is 0 Å². The van der Waals surface area contributed by atoms with Crippen LogP contribution in [-0.4, -0.2) is 26.4 Å².